The Bertz CT molecular complexity index is 360. The minimum atomic E-state index is -2.75. The van der Waals surface area contributed by atoms with E-state index in [1.54, 1.807) is 0 Å². The first-order valence-corrected chi connectivity index (χ1v) is 3.77. The molecule has 3 nitrogen and oxygen atoms in total. The Morgan fingerprint density at radius 3 is 2.69 bits per heavy atom. The van der Waals surface area contributed by atoms with Crippen LogP contribution < -0.4 is 11.3 Å². The summed E-state index contributed by atoms with van der Waals surface area (Å²) in [5, 5.41) is 0. The number of hydrogen-bond acceptors (Lipinski definition) is 2. The summed E-state index contributed by atoms with van der Waals surface area (Å²) < 4.78 is 24.7. The lowest BCUT2D eigenvalue weighted by atomic mass is 10.1. The van der Waals surface area contributed by atoms with E-state index in [1.165, 1.54) is 13.1 Å². The van der Waals surface area contributed by atoms with E-state index >= 15 is 0 Å². The van der Waals surface area contributed by atoms with Crippen LogP contribution >= 0.6 is 0 Å². The molecule has 0 saturated heterocycles. The standard InChI is InChI=1S/C8H10F2N2O/c1-4-5(2-11)3-12-8(13)6(4)7(9)10/h3,7H,2,11H2,1H3,(H,12,13). The van der Waals surface area contributed by atoms with E-state index in [0.717, 1.165) is 0 Å². The Hall–Kier alpha value is -1.23. The van der Waals surface area contributed by atoms with Crippen LogP contribution in [-0.2, 0) is 6.54 Å². The third-order valence-electron chi connectivity index (χ3n) is 1.95. The summed E-state index contributed by atoms with van der Waals surface area (Å²) >= 11 is 0. The molecule has 0 unspecified atom stereocenters. The normalized spacial score (nSPS) is 10.8. The molecule has 13 heavy (non-hydrogen) atoms. The van der Waals surface area contributed by atoms with Crippen molar-refractivity contribution in [3.05, 3.63) is 33.2 Å². The van der Waals surface area contributed by atoms with Gasteiger partial charge in [-0.25, -0.2) is 8.78 Å². The van der Waals surface area contributed by atoms with E-state index in [4.69, 9.17) is 5.73 Å². The molecule has 0 saturated carbocycles. The molecule has 0 amide bonds. The van der Waals surface area contributed by atoms with Crippen molar-refractivity contribution in [2.45, 2.75) is 19.9 Å². The van der Waals surface area contributed by atoms with E-state index in [0.29, 0.717) is 5.56 Å². The summed E-state index contributed by atoms with van der Waals surface area (Å²) in [6, 6.07) is 0. The molecule has 0 radical (unpaired) electrons. The molecular formula is C8H10F2N2O. The average Bonchev–Trinajstić information content (AvgIpc) is 2.04. The molecule has 0 bridgehead atoms. The fraction of sp³-hybridized carbons (Fsp3) is 0.375. The lowest BCUT2D eigenvalue weighted by molar-refractivity contribution is 0.148. The van der Waals surface area contributed by atoms with Crippen LogP contribution in [0, 0.1) is 6.92 Å². The number of hydrogen-bond donors (Lipinski definition) is 2. The summed E-state index contributed by atoms with van der Waals surface area (Å²) in [5.41, 5.74) is 4.89. The minimum Gasteiger partial charge on any atom is -0.328 e. The number of rotatable bonds is 2. The van der Waals surface area contributed by atoms with E-state index in [-0.39, 0.29) is 12.1 Å². The van der Waals surface area contributed by atoms with Crippen LogP contribution in [0.5, 0.6) is 0 Å². The molecule has 0 atom stereocenters. The molecule has 0 fully saturated rings. The summed E-state index contributed by atoms with van der Waals surface area (Å²) in [6.07, 6.45) is -1.39. The van der Waals surface area contributed by atoms with Crippen molar-refractivity contribution in [1.29, 1.82) is 0 Å². The van der Waals surface area contributed by atoms with Gasteiger partial charge in [-0.1, -0.05) is 0 Å². The van der Waals surface area contributed by atoms with Crippen LogP contribution in [0.1, 0.15) is 23.1 Å². The van der Waals surface area contributed by atoms with Gasteiger partial charge in [-0.15, -0.1) is 0 Å². The van der Waals surface area contributed by atoms with Gasteiger partial charge >= 0.3 is 0 Å². The molecule has 5 heteroatoms. The van der Waals surface area contributed by atoms with Crippen LogP contribution in [0.3, 0.4) is 0 Å². The van der Waals surface area contributed by atoms with Crippen molar-refractivity contribution < 1.29 is 8.78 Å². The first kappa shape index (κ1) is 9.85. The monoisotopic (exact) mass is 188 g/mol. The maximum Gasteiger partial charge on any atom is 0.269 e. The van der Waals surface area contributed by atoms with Gasteiger partial charge < -0.3 is 10.7 Å². The maximum atomic E-state index is 12.3. The molecule has 0 aromatic carbocycles. The van der Waals surface area contributed by atoms with Gasteiger partial charge in [0.25, 0.3) is 12.0 Å². The molecule has 0 aliphatic rings. The fourth-order valence-electron chi connectivity index (χ4n) is 1.16. The zero-order valence-electron chi connectivity index (χ0n) is 7.10. The highest BCUT2D eigenvalue weighted by Gasteiger charge is 2.16. The molecule has 1 aromatic heterocycles. The Balaban J connectivity index is 3.39. The van der Waals surface area contributed by atoms with Crippen LogP contribution in [0.4, 0.5) is 8.78 Å². The lowest BCUT2D eigenvalue weighted by Gasteiger charge is -2.07. The maximum absolute atomic E-state index is 12.3. The molecule has 0 aliphatic heterocycles. The van der Waals surface area contributed by atoms with E-state index in [1.807, 2.05) is 0 Å². The molecule has 1 heterocycles. The predicted octanol–water partition coefficient (Wildman–Crippen LogP) is 1.08. The molecule has 3 N–H and O–H groups in total. The van der Waals surface area contributed by atoms with Crippen molar-refractivity contribution in [1.82, 2.24) is 4.98 Å². The first-order chi connectivity index (χ1) is 6.07. The third kappa shape index (κ3) is 1.75. The second-order valence-corrected chi connectivity index (χ2v) is 2.69. The van der Waals surface area contributed by atoms with Crippen LogP contribution in [0.15, 0.2) is 11.0 Å². The first-order valence-electron chi connectivity index (χ1n) is 3.77. The Labute approximate surface area is 73.6 Å². The topological polar surface area (TPSA) is 58.9 Å². The van der Waals surface area contributed by atoms with Crippen molar-refractivity contribution in [2.24, 2.45) is 5.73 Å². The average molecular weight is 188 g/mol. The van der Waals surface area contributed by atoms with Gasteiger partial charge in [0.1, 0.15) is 0 Å². The van der Waals surface area contributed by atoms with Crippen LogP contribution in [-0.4, -0.2) is 4.98 Å². The predicted molar refractivity (Wildman–Crippen MR) is 44.6 cm³/mol. The second kappa shape index (κ2) is 3.66. The Kier molecular flexibility index (Phi) is 2.77. The molecular weight excluding hydrogens is 178 g/mol. The van der Waals surface area contributed by atoms with Gasteiger partial charge in [0.2, 0.25) is 0 Å². The van der Waals surface area contributed by atoms with Crippen molar-refractivity contribution in [3.8, 4) is 0 Å². The fourth-order valence-corrected chi connectivity index (χ4v) is 1.16. The minimum absolute atomic E-state index is 0.141. The van der Waals surface area contributed by atoms with Crippen LogP contribution in [0.25, 0.3) is 0 Å². The highest BCUT2D eigenvalue weighted by Crippen LogP contribution is 2.20. The van der Waals surface area contributed by atoms with Crippen LogP contribution in [0.2, 0.25) is 0 Å². The number of nitrogens with two attached hydrogens (primary N) is 1. The smallest absolute Gasteiger partial charge is 0.269 e. The number of alkyl halides is 2. The number of aromatic amines is 1. The summed E-state index contributed by atoms with van der Waals surface area (Å²) in [6.45, 7) is 1.61. The zero-order chi connectivity index (χ0) is 10.0. The van der Waals surface area contributed by atoms with Crippen molar-refractivity contribution in [3.63, 3.8) is 0 Å². The van der Waals surface area contributed by atoms with Gasteiger partial charge in [-0.3, -0.25) is 4.79 Å². The number of halogens is 2. The molecule has 1 rings (SSSR count). The van der Waals surface area contributed by atoms with Gasteiger partial charge in [0.05, 0.1) is 5.56 Å². The lowest BCUT2D eigenvalue weighted by Crippen LogP contribution is -2.17. The Morgan fingerprint density at radius 2 is 2.23 bits per heavy atom. The van der Waals surface area contributed by atoms with E-state index in [9.17, 15) is 13.6 Å². The summed E-state index contributed by atoms with van der Waals surface area (Å²) in [4.78, 5) is 13.2. The SMILES string of the molecule is Cc1c(CN)c[nH]c(=O)c1C(F)F. The highest BCUT2D eigenvalue weighted by molar-refractivity contribution is 5.31. The number of H-pyrrole nitrogens is 1. The van der Waals surface area contributed by atoms with Crippen molar-refractivity contribution in [2.75, 3.05) is 0 Å². The third-order valence-corrected chi connectivity index (χ3v) is 1.95. The highest BCUT2D eigenvalue weighted by atomic mass is 19.3. The Morgan fingerprint density at radius 1 is 1.62 bits per heavy atom. The molecule has 0 spiro atoms. The number of aromatic nitrogens is 1. The van der Waals surface area contributed by atoms with Gasteiger partial charge in [-0.05, 0) is 18.1 Å². The molecule has 0 aliphatic carbocycles. The molecule has 1 aromatic rings. The second-order valence-electron chi connectivity index (χ2n) is 2.69. The van der Waals surface area contributed by atoms with Gasteiger partial charge in [-0.2, -0.15) is 0 Å². The summed E-state index contributed by atoms with van der Waals surface area (Å²) in [5.74, 6) is 0. The summed E-state index contributed by atoms with van der Waals surface area (Å²) in [7, 11) is 0. The van der Waals surface area contributed by atoms with Crippen molar-refractivity contribution >= 4 is 0 Å². The van der Waals surface area contributed by atoms with E-state index < -0.39 is 17.5 Å². The quantitative estimate of drug-likeness (QED) is 0.729. The van der Waals surface area contributed by atoms with Gasteiger partial charge in [0.15, 0.2) is 0 Å². The van der Waals surface area contributed by atoms with Gasteiger partial charge in [0, 0.05) is 12.7 Å². The largest absolute Gasteiger partial charge is 0.328 e. The van der Waals surface area contributed by atoms with E-state index in [2.05, 4.69) is 4.98 Å². The molecule has 72 valence electrons. The zero-order valence-corrected chi connectivity index (χ0v) is 7.10. The number of nitrogens with one attached hydrogen (secondary N) is 1. The number of pyridine rings is 1.